The number of halogens is 2. The van der Waals surface area contributed by atoms with E-state index < -0.39 is 0 Å². The van der Waals surface area contributed by atoms with Gasteiger partial charge in [0.15, 0.2) is 0 Å². The summed E-state index contributed by atoms with van der Waals surface area (Å²) in [6.45, 7) is 3.68. The summed E-state index contributed by atoms with van der Waals surface area (Å²) in [4.78, 5) is 0. The van der Waals surface area contributed by atoms with Gasteiger partial charge in [-0.05, 0) is 38.9 Å². The van der Waals surface area contributed by atoms with E-state index in [1.165, 1.54) is 38.9 Å². The van der Waals surface area contributed by atoms with Crippen LogP contribution in [-0.2, 0) is 0 Å². The minimum absolute atomic E-state index is 0. The van der Waals surface area contributed by atoms with Crippen LogP contribution in [0, 0.1) is 0 Å². The van der Waals surface area contributed by atoms with Gasteiger partial charge in [-0.3, -0.25) is 0 Å². The number of piperidine rings is 1. The fourth-order valence-electron chi connectivity index (χ4n) is 1.81. The van der Waals surface area contributed by atoms with Gasteiger partial charge in [-0.2, -0.15) is 0 Å². The van der Waals surface area contributed by atoms with Gasteiger partial charge >= 0.3 is 0 Å². The largest absolute Gasteiger partial charge is 0.317 e. The van der Waals surface area contributed by atoms with Crippen molar-refractivity contribution in [2.45, 2.75) is 24.8 Å². The Balaban J connectivity index is 0.000000500. The van der Waals surface area contributed by atoms with Gasteiger partial charge in [0, 0.05) is 5.54 Å². The van der Waals surface area contributed by atoms with Crippen molar-refractivity contribution in [3.05, 3.63) is 0 Å². The van der Waals surface area contributed by atoms with Gasteiger partial charge < -0.3 is 10.6 Å². The van der Waals surface area contributed by atoms with E-state index in [2.05, 4.69) is 10.6 Å². The third-order valence-electron chi connectivity index (χ3n) is 2.66. The molecule has 4 heteroatoms. The lowest BCUT2D eigenvalue weighted by atomic mass is 9.80. The topological polar surface area (TPSA) is 24.1 Å². The van der Waals surface area contributed by atoms with Crippen LogP contribution in [0.2, 0.25) is 0 Å². The number of rotatable bonds is 0. The Labute approximate surface area is 80.3 Å². The van der Waals surface area contributed by atoms with Crippen LogP contribution in [0.1, 0.15) is 19.3 Å². The molecule has 2 N–H and O–H groups in total. The van der Waals surface area contributed by atoms with Crippen molar-refractivity contribution in [2.24, 2.45) is 0 Å². The molecule has 0 radical (unpaired) electrons. The van der Waals surface area contributed by atoms with Crippen LogP contribution < -0.4 is 10.6 Å². The molecule has 0 aromatic heterocycles. The Morgan fingerprint density at radius 1 is 0.818 bits per heavy atom. The van der Waals surface area contributed by atoms with Gasteiger partial charge in [0.25, 0.3) is 0 Å². The van der Waals surface area contributed by atoms with E-state index in [0.717, 1.165) is 0 Å². The molecule has 0 aromatic carbocycles. The minimum Gasteiger partial charge on any atom is -0.317 e. The Hall–Kier alpha value is 0.500. The third-order valence-corrected chi connectivity index (χ3v) is 2.66. The molecule has 0 bridgehead atoms. The number of hydrogen-bond acceptors (Lipinski definition) is 2. The van der Waals surface area contributed by atoms with E-state index in [0.29, 0.717) is 5.54 Å². The van der Waals surface area contributed by atoms with E-state index in [9.17, 15) is 0 Å². The first-order chi connectivity index (χ1) is 4.41. The molecule has 68 valence electrons. The molecule has 2 saturated heterocycles. The SMILES string of the molecule is C1CC2(CCN1)CCN2.Cl.Cl. The van der Waals surface area contributed by atoms with Crippen LogP contribution in [0.5, 0.6) is 0 Å². The first-order valence-electron chi connectivity index (χ1n) is 3.87. The predicted octanol–water partition coefficient (Wildman–Crippen LogP) is 0.945. The molecule has 1 spiro atoms. The second-order valence-electron chi connectivity index (χ2n) is 3.21. The van der Waals surface area contributed by atoms with Gasteiger partial charge in [0.05, 0.1) is 0 Å². The maximum atomic E-state index is 3.52. The smallest absolute Gasteiger partial charge is 0.0217 e. The van der Waals surface area contributed by atoms with Gasteiger partial charge in [0.2, 0.25) is 0 Å². The van der Waals surface area contributed by atoms with Crippen molar-refractivity contribution in [2.75, 3.05) is 19.6 Å². The Morgan fingerprint density at radius 3 is 1.64 bits per heavy atom. The van der Waals surface area contributed by atoms with Gasteiger partial charge in [-0.1, -0.05) is 0 Å². The van der Waals surface area contributed by atoms with Gasteiger partial charge in [-0.25, -0.2) is 0 Å². The number of nitrogens with one attached hydrogen (secondary N) is 2. The third kappa shape index (κ3) is 2.22. The Bertz CT molecular complexity index is 107. The molecule has 11 heavy (non-hydrogen) atoms. The zero-order chi connectivity index (χ0) is 6.16. The Kier molecular flexibility index (Phi) is 4.71. The highest BCUT2D eigenvalue weighted by Gasteiger charge is 2.36. The lowest BCUT2D eigenvalue weighted by molar-refractivity contribution is 0.153. The van der Waals surface area contributed by atoms with E-state index in [-0.39, 0.29) is 24.8 Å². The quantitative estimate of drug-likeness (QED) is 0.606. The average Bonchev–Trinajstić information content (AvgIpc) is 1.87. The summed E-state index contributed by atoms with van der Waals surface area (Å²) in [5, 5.41) is 6.89. The minimum atomic E-state index is 0. The molecule has 2 aliphatic rings. The highest BCUT2D eigenvalue weighted by atomic mass is 35.5. The van der Waals surface area contributed by atoms with Crippen LogP contribution in [0.25, 0.3) is 0 Å². The van der Waals surface area contributed by atoms with Crippen molar-refractivity contribution < 1.29 is 0 Å². The summed E-state index contributed by atoms with van der Waals surface area (Å²) < 4.78 is 0. The molecule has 2 nitrogen and oxygen atoms in total. The molecule has 0 saturated carbocycles. The van der Waals surface area contributed by atoms with Crippen molar-refractivity contribution in [1.29, 1.82) is 0 Å². The van der Waals surface area contributed by atoms with E-state index in [1.807, 2.05) is 0 Å². The Morgan fingerprint density at radius 2 is 1.36 bits per heavy atom. The van der Waals surface area contributed by atoms with Crippen LogP contribution >= 0.6 is 24.8 Å². The summed E-state index contributed by atoms with van der Waals surface area (Å²) in [6, 6.07) is 0. The molecular weight excluding hydrogens is 183 g/mol. The first kappa shape index (κ1) is 11.5. The highest BCUT2D eigenvalue weighted by molar-refractivity contribution is 5.85. The molecule has 0 unspecified atom stereocenters. The normalized spacial score (nSPS) is 26.2. The first-order valence-corrected chi connectivity index (χ1v) is 3.87. The van der Waals surface area contributed by atoms with E-state index in [4.69, 9.17) is 0 Å². The summed E-state index contributed by atoms with van der Waals surface area (Å²) in [7, 11) is 0. The molecule has 0 amide bonds. The van der Waals surface area contributed by atoms with Crippen molar-refractivity contribution in [3.63, 3.8) is 0 Å². The molecule has 2 fully saturated rings. The molecule has 2 heterocycles. The number of hydrogen-bond donors (Lipinski definition) is 2. The maximum absolute atomic E-state index is 3.52. The lowest BCUT2D eigenvalue weighted by Gasteiger charge is -2.46. The van der Waals surface area contributed by atoms with Crippen molar-refractivity contribution >= 4 is 24.8 Å². The summed E-state index contributed by atoms with van der Waals surface area (Å²) in [5.74, 6) is 0. The van der Waals surface area contributed by atoms with Crippen LogP contribution in [0.15, 0.2) is 0 Å². The van der Waals surface area contributed by atoms with Crippen molar-refractivity contribution in [1.82, 2.24) is 10.6 Å². The second kappa shape index (κ2) is 4.51. The molecule has 0 aromatic rings. The zero-order valence-corrected chi connectivity index (χ0v) is 8.19. The summed E-state index contributed by atoms with van der Waals surface area (Å²) >= 11 is 0. The van der Waals surface area contributed by atoms with Crippen LogP contribution in [0.3, 0.4) is 0 Å². The molecular formula is C7H16Cl2N2. The predicted molar refractivity (Wildman–Crippen MR) is 52.0 cm³/mol. The monoisotopic (exact) mass is 198 g/mol. The maximum Gasteiger partial charge on any atom is 0.0217 e. The zero-order valence-electron chi connectivity index (χ0n) is 6.56. The lowest BCUT2D eigenvalue weighted by Crippen LogP contribution is -2.61. The van der Waals surface area contributed by atoms with Gasteiger partial charge in [-0.15, -0.1) is 24.8 Å². The second-order valence-corrected chi connectivity index (χ2v) is 3.21. The van der Waals surface area contributed by atoms with Crippen molar-refractivity contribution in [3.8, 4) is 0 Å². The molecule has 0 aliphatic carbocycles. The molecule has 2 aliphatic heterocycles. The van der Waals surface area contributed by atoms with Gasteiger partial charge in [0.1, 0.15) is 0 Å². The molecule has 0 atom stereocenters. The van der Waals surface area contributed by atoms with E-state index >= 15 is 0 Å². The summed E-state index contributed by atoms with van der Waals surface area (Å²) in [6.07, 6.45) is 4.09. The van der Waals surface area contributed by atoms with Crippen LogP contribution in [0.4, 0.5) is 0 Å². The van der Waals surface area contributed by atoms with Crippen LogP contribution in [-0.4, -0.2) is 25.2 Å². The molecule has 2 rings (SSSR count). The summed E-state index contributed by atoms with van der Waals surface area (Å²) in [5.41, 5.74) is 0.589. The highest BCUT2D eigenvalue weighted by Crippen LogP contribution is 2.27. The average molecular weight is 199 g/mol. The fourth-order valence-corrected chi connectivity index (χ4v) is 1.81. The standard InChI is InChI=1S/C7H14N2.2ClH/c1-4-8-5-2-7(1)3-6-9-7;;/h8-9H,1-6H2;2*1H. The van der Waals surface area contributed by atoms with E-state index in [1.54, 1.807) is 0 Å². The fraction of sp³-hybridized carbons (Fsp3) is 1.00.